The van der Waals surface area contributed by atoms with Crippen molar-refractivity contribution in [3.8, 4) is 0 Å². The topological polar surface area (TPSA) is 222 Å². The molecule has 0 radical (unpaired) electrons. The number of ether oxygens (including phenoxy) is 2. The van der Waals surface area contributed by atoms with Gasteiger partial charge in [0, 0.05) is 19.6 Å². The Morgan fingerprint density at radius 1 is 0.821 bits per heavy atom. The highest BCUT2D eigenvalue weighted by Crippen LogP contribution is 2.27. The molecule has 1 aliphatic carbocycles. The average Bonchev–Trinajstić information content (AvgIpc) is 3.32. The molecule has 0 saturated heterocycles. The molecule has 0 bridgehead atoms. The molecule has 67 heavy (non-hydrogen) atoms. The minimum Gasteiger partial charge on any atom is -0.480 e. The molecule has 7 atom stereocenters. The number of carboxylic acids is 1. The fourth-order valence-corrected chi connectivity index (χ4v) is 8.29. The maximum absolute atomic E-state index is 14.6. The van der Waals surface area contributed by atoms with Crippen LogP contribution in [0.15, 0.2) is 60.7 Å². The third-order valence-electron chi connectivity index (χ3n) is 12.4. The van der Waals surface area contributed by atoms with Crippen molar-refractivity contribution < 1.29 is 47.7 Å². The first-order valence-electron chi connectivity index (χ1n) is 24.1. The lowest BCUT2D eigenvalue weighted by molar-refractivity contribution is -0.147. The van der Waals surface area contributed by atoms with Crippen LogP contribution in [0.5, 0.6) is 0 Å². The van der Waals surface area contributed by atoms with E-state index in [4.69, 9.17) is 15.2 Å². The molecule has 0 aromatic heterocycles. The summed E-state index contributed by atoms with van der Waals surface area (Å²) < 4.78 is 24.5. The van der Waals surface area contributed by atoms with Crippen LogP contribution in [0.1, 0.15) is 116 Å². The summed E-state index contributed by atoms with van der Waals surface area (Å²) in [6.45, 7) is 9.08. The van der Waals surface area contributed by atoms with E-state index in [9.17, 15) is 38.3 Å². The van der Waals surface area contributed by atoms with Crippen LogP contribution in [0.3, 0.4) is 0 Å². The fourth-order valence-electron chi connectivity index (χ4n) is 8.29. The molecule has 0 unspecified atom stereocenters. The Labute approximate surface area is 397 Å². The molecule has 1 fully saturated rings. The lowest BCUT2D eigenvalue weighted by Crippen LogP contribution is -2.62. The van der Waals surface area contributed by atoms with Gasteiger partial charge in [0.25, 0.3) is 0 Å². The van der Waals surface area contributed by atoms with Crippen LogP contribution in [-0.2, 0) is 46.7 Å². The molecular weight excluding hydrogens is 862 g/mol. The highest BCUT2D eigenvalue weighted by atomic mass is 19.1. The first-order valence-corrected chi connectivity index (χ1v) is 24.1. The number of nitrogens with two attached hydrogens (primary N) is 1. The number of rotatable bonds is 30. The number of unbranched alkanes of at least 4 members (excludes halogenated alkanes) is 3. The smallest absolute Gasteiger partial charge is 0.407 e. The van der Waals surface area contributed by atoms with Crippen LogP contribution in [-0.4, -0.2) is 126 Å². The largest absolute Gasteiger partial charge is 0.480 e. The van der Waals surface area contributed by atoms with E-state index in [1.165, 1.54) is 11.8 Å². The molecule has 7 N–H and O–H groups in total. The normalized spacial score (nSPS) is 16.1. The number of carboxylic acid groups (broad SMARTS) is 1. The van der Waals surface area contributed by atoms with E-state index in [1.807, 2.05) is 55.1 Å². The SMILES string of the molecule is CCCCCCN(C[C@H](N)CCF)[C@@H](C)C(=O)N(C)[C@@H](CC(C)C)C(=O)N[C@H](C(=O)N[C@@H](CNC(=O)OCc1ccccc1)C(=O)N[C@H](C(=O)O)[C@H](C)OCc1ccccc1)C1CCCCC1. The van der Waals surface area contributed by atoms with Crippen molar-refractivity contribution >= 4 is 35.7 Å². The Balaban J connectivity index is 1.89. The Morgan fingerprint density at radius 3 is 2.03 bits per heavy atom. The molecule has 17 heteroatoms. The lowest BCUT2D eigenvalue weighted by Gasteiger charge is -2.37. The summed E-state index contributed by atoms with van der Waals surface area (Å²) in [5.74, 6) is -4.26. The predicted molar refractivity (Wildman–Crippen MR) is 255 cm³/mol. The third kappa shape index (κ3) is 19.9. The lowest BCUT2D eigenvalue weighted by atomic mass is 9.83. The molecule has 374 valence electrons. The first-order chi connectivity index (χ1) is 32.1. The summed E-state index contributed by atoms with van der Waals surface area (Å²) in [6.07, 6.45) is 6.13. The second-order valence-electron chi connectivity index (χ2n) is 18.3. The predicted octanol–water partition coefficient (Wildman–Crippen LogP) is 5.47. The number of aliphatic carboxylic acids is 1. The van der Waals surface area contributed by atoms with Gasteiger partial charge in [-0.15, -0.1) is 0 Å². The van der Waals surface area contributed by atoms with Gasteiger partial charge in [0.15, 0.2) is 6.04 Å². The summed E-state index contributed by atoms with van der Waals surface area (Å²) in [6, 6.07) is 11.7. The number of halogens is 1. The van der Waals surface area contributed by atoms with Gasteiger partial charge in [-0.2, -0.15) is 0 Å². The number of hydrogen-bond acceptors (Lipinski definition) is 10. The monoisotopic (exact) mass is 940 g/mol. The van der Waals surface area contributed by atoms with Gasteiger partial charge in [-0.3, -0.25) is 28.5 Å². The van der Waals surface area contributed by atoms with E-state index in [2.05, 4.69) is 28.2 Å². The highest BCUT2D eigenvalue weighted by Gasteiger charge is 2.39. The number of likely N-dealkylation sites (N-methyl/N-ethyl adjacent to an activating group) is 1. The molecule has 0 spiro atoms. The van der Waals surface area contributed by atoms with Crippen molar-refractivity contribution in [2.75, 3.05) is 33.4 Å². The van der Waals surface area contributed by atoms with Crippen molar-refractivity contribution in [1.29, 1.82) is 0 Å². The molecule has 1 aliphatic rings. The summed E-state index contributed by atoms with van der Waals surface area (Å²) in [5, 5.41) is 20.9. The second-order valence-corrected chi connectivity index (χ2v) is 18.3. The Hall–Kier alpha value is -5.13. The van der Waals surface area contributed by atoms with E-state index < -0.39 is 85.4 Å². The zero-order valence-electron chi connectivity index (χ0n) is 40.6. The molecule has 1 saturated carbocycles. The van der Waals surface area contributed by atoms with E-state index in [1.54, 1.807) is 38.2 Å². The number of hydrogen-bond donors (Lipinski definition) is 6. The van der Waals surface area contributed by atoms with Crippen molar-refractivity contribution in [3.05, 3.63) is 71.8 Å². The Morgan fingerprint density at radius 2 is 1.45 bits per heavy atom. The number of benzene rings is 2. The molecule has 2 aromatic rings. The van der Waals surface area contributed by atoms with E-state index >= 15 is 0 Å². The summed E-state index contributed by atoms with van der Waals surface area (Å²) in [7, 11) is 1.57. The Kier molecular flexibility index (Phi) is 25.4. The number of alkyl carbamates (subject to hydrolysis) is 1. The highest BCUT2D eigenvalue weighted by molar-refractivity contribution is 5.96. The van der Waals surface area contributed by atoms with Crippen molar-refractivity contribution in [2.45, 2.75) is 161 Å². The van der Waals surface area contributed by atoms with Crippen molar-refractivity contribution in [3.63, 3.8) is 0 Å². The zero-order chi connectivity index (χ0) is 49.3. The number of nitrogens with one attached hydrogen (secondary N) is 4. The minimum absolute atomic E-state index is 0.0339. The third-order valence-corrected chi connectivity index (χ3v) is 12.4. The number of amides is 5. The van der Waals surface area contributed by atoms with Gasteiger partial charge < -0.3 is 46.5 Å². The van der Waals surface area contributed by atoms with Crippen LogP contribution in [0.2, 0.25) is 0 Å². The Bertz CT molecular complexity index is 1800. The maximum atomic E-state index is 14.6. The number of nitrogens with zero attached hydrogens (tertiary/aromatic N) is 2. The van der Waals surface area contributed by atoms with Gasteiger partial charge in [0.05, 0.1) is 32.0 Å². The standard InChI is InChI=1S/C50H78FN7O9/c1-7-8-9-19-28-58(31-40(52)26-27-51)35(4)48(62)57(6)42(29-34(2)3)46(60)56-44(39-24-17-12-18-25-39)47(61)54-41(30-53-50(65)67-33-38-22-15-11-16-23-38)45(59)55-43(49(63)64)36(5)66-32-37-20-13-10-14-21-37/h10-11,13-16,20-23,34-36,39-44H,7-9,12,17-19,24-33,52H2,1-6H3,(H,53,65)(H,54,61)(H,55,59)(H,56,60)(H,63,64)/t35-,36-,40+,41-,42-,43-,44-/m0/s1. The second kappa shape index (κ2) is 30.3. The molecule has 5 amide bonds. The quantitative estimate of drug-likeness (QED) is 0.0540. The van der Waals surface area contributed by atoms with Crippen LogP contribution in [0.4, 0.5) is 9.18 Å². The van der Waals surface area contributed by atoms with Crippen LogP contribution in [0, 0.1) is 11.8 Å². The van der Waals surface area contributed by atoms with Gasteiger partial charge in [0.1, 0.15) is 24.7 Å². The molecule has 0 heterocycles. The molecule has 2 aromatic carbocycles. The zero-order valence-corrected chi connectivity index (χ0v) is 40.6. The van der Waals surface area contributed by atoms with Crippen molar-refractivity contribution in [1.82, 2.24) is 31.1 Å². The van der Waals surface area contributed by atoms with Crippen molar-refractivity contribution in [2.24, 2.45) is 17.6 Å². The molecular formula is C50H78FN7O9. The maximum Gasteiger partial charge on any atom is 0.407 e. The van der Waals surface area contributed by atoms with E-state index in [0.717, 1.165) is 56.1 Å². The van der Waals surface area contributed by atoms with Gasteiger partial charge in [-0.25, -0.2) is 9.59 Å². The van der Waals surface area contributed by atoms with E-state index in [-0.39, 0.29) is 43.8 Å². The van der Waals surface area contributed by atoms with Crippen LogP contribution < -0.4 is 27.0 Å². The summed E-state index contributed by atoms with van der Waals surface area (Å²) >= 11 is 0. The molecule has 16 nitrogen and oxygen atoms in total. The number of carbonyl (C=O) groups is 6. The van der Waals surface area contributed by atoms with Gasteiger partial charge >= 0.3 is 12.1 Å². The van der Waals surface area contributed by atoms with Gasteiger partial charge in [0.2, 0.25) is 23.6 Å². The van der Waals surface area contributed by atoms with Crippen LogP contribution >= 0.6 is 0 Å². The number of alkyl halides is 1. The van der Waals surface area contributed by atoms with E-state index in [0.29, 0.717) is 25.9 Å². The average molecular weight is 940 g/mol. The molecule has 0 aliphatic heterocycles. The fraction of sp³-hybridized carbons (Fsp3) is 0.640. The summed E-state index contributed by atoms with van der Waals surface area (Å²) in [5.41, 5.74) is 7.78. The number of carbonyl (C=O) groups excluding carboxylic acids is 5. The first kappa shape index (κ1) is 56.2. The van der Waals surface area contributed by atoms with Crippen LogP contribution in [0.25, 0.3) is 0 Å². The van der Waals surface area contributed by atoms with Gasteiger partial charge in [-0.1, -0.05) is 120 Å². The molecule has 3 rings (SSSR count). The summed E-state index contributed by atoms with van der Waals surface area (Å²) in [4.78, 5) is 86.4. The van der Waals surface area contributed by atoms with Gasteiger partial charge in [-0.05, 0) is 75.5 Å². The minimum atomic E-state index is -1.55.